The summed E-state index contributed by atoms with van der Waals surface area (Å²) in [6, 6.07) is 12.1. The van der Waals surface area contributed by atoms with E-state index in [0.29, 0.717) is 17.3 Å². The van der Waals surface area contributed by atoms with Gasteiger partial charge in [-0.15, -0.1) is 0 Å². The van der Waals surface area contributed by atoms with Gasteiger partial charge in [-0.2, -0.15) is 5.26 Å². The average molecular weight is 331 g/mol. The van der Waals surface area contributed by atoms with Gasteiger partial charge in [0, 0.05) is 16.5 Å². The third-order valence-corrected chi connectivity index (χ3v) is 3.58. The van der Waals surface area contributed by atoms with E-state index in [-0.39, 0.29) is 0 Å². The Balaban J connectivity index is 2.57. The number of benzene rings is 1. The van der Waals surface area contributed by atoms with Gasteiger partial charge in [-0.25, -0.2) is 4.98 Å². The van der Waals surface area contributed by atoms with Crippen LogP contribution in [-0.4, -0.2) is 0 Å². The van der Waals surface area contributed by atoms with Gasteiger partial charge in [-0.1, -0.05) is 41.9 Å². The summed E-state index contributed by atoms with van der Waals surface area (Å²) in [5.74, 6) is 0.958. The molecule has 0 saturated heterocycles. The van der Waals surface area contributed by atoms with Crippen LogP contribution in [0.4, 0.5) is 5.82 Å². The first kappa shape index (κ1) is 14.5. The number of rotatable bonds is 3. The fourth-order valence-electron chi connectivity index (χ4n) is 2.19. The van der Waals surface area contributed by atoms with Crippen molar-refractivity contribution in [2.24, 2.45) is 5.92 Å². The van der Waals surface area contributed by atoms with E-state index >= 15 is 0 Å². The van der Waals surface area contributed by atoms with E-state index < -0.39 is 0 Å². The first-order valence-corrected chi connectivity index (χ1v) is 7.31. The molecule has 1 aromatic carbocycles. The van der Waals surface area contributed by atoms with Gasteiger partial charge in [0.2, 0.25) is 0 Å². The molecule has 0 unspecified atom stereocenters. The minimum atomic E-state index is 0.434. The lowest BCUT2D eigenvalue weighted by molar-refractivity contribution is -0.373. The number of anilines is 1. The molecule has 0 amide bonds. The lowest BCUT2D eigenvalue weighted by Crippen LogP contribution is -2.20. The predicted molar refractivity (Wildman–Crippen MR) is 83.8 cm³/mol. The van der Waals surface area contributed by atoms with E-state index in [1.807, 2.05) is 30.3 Å². The monoisotopic (exact) mass is 330 g/mol. The largest absolute Gasteiger partial charge is 0.289 e. The van der Waals surface area contributed by atoms with Crippen LogP contribution < -0.4 is 10.7 Å². The Morgan fingerprint density at radius 2 is 1.95 bits per heavy atom. The van der Waals surface area contributed by atoms with Crippen LogP contribution in [0.25, 0.3) is 11.1 Å². The molecule has 0 radical (unpaired) electrons. The molecular weight excluding hydrogens is 314 g/mol. The van der Waals surface area contributed by atoms with E-state index in [0.717, 1.165) is 27.7 Å². The molecule has 1 heterocycles. The Kier molecular flexibility index (Phi) is 4.41. The van der Waals surface area contributed by atoms with Gasteiger partial charge in [-0.3, -0.25) is 5.73 Å². The van der Waals surface area contributed by atoms with Gasteiger partial charge >= 0.3 is 0 Å². The number of hydrogen-bond acceptors (Lipinski definition) is 2. The fourth-order valence-corrected chi connectivity index (χ4v) is 2.45. The predicted octanol–water partition coefficient (Wildman–Crippen LogP) is 3.58. The summed E-state index contributed by atoms with van der Waals surface area (Å²) >= 11 is 3.42. The van der Waals surface area contributed by atoms with Crippen LogP contribution in [0.1, 0.15) is 25.1 Å². The quantitative estimate of drug-likeness (QED) is 0.934. The second-order valence-electron chi connectivity index (χ2n) is 5.21. The number of nitrogens with two attached hydrogens (primary N) is 1. The molecule has 1 aromatic heterocycles. The Morgan fingerprint density at radius 1 is 1.30 bits per heavy atom. The third-order valence-electron chi connectivity index (χ3n) is 3.05. The zero-order chi connectivity index (χ0) is 14.7. The summed E-state index contributed by atoms with van der Waals surface area (Å²) in [6.45, 7) is 4.31. The lowest BCUT2D eigenvalue weighted by Gasteiger charge is -2.08. The van der Waals surface area contributed by atoms with Gasteiger partial charge in [0.1, 0.15) is 17.3 Å². The first-order valence-electron chi connectivity index (χ1n) is 6.52. The summed E-state index contributed by atoms with van der Waals surface area (Å²) in [7, 11) is 0. The van der Waals surface area contributed by atoms with Crippen LogP contribution in [0.5, 0.6) is 0 Å². The summed E-state index contributed by atoms with van der Waals surface area (Å²) in [6.07, 6.45) is 0.902. The molecule has 0 spiro atoms. The number of hydrogen-bond donors (Lipinski definition) is 1. The minimum Gasteiger partial charge on any atom is -0.286 e. The van der Waals surface area contributed by atoms with Crippen LogP contribution in [0.2, 0.25) is 0 Å². The van der Waals surface area contributed by atoms with Crippen LogP contribution >= 0.6 is 15.9 Å². The topological polar surface area (TPSA) is 64.0 Å². The van der Waals surface area contributed by atoms with Crippen molar-refractivity contribution < 1.29 is 4.98 Å². The average Bonchev–Trinajstić information content (AvgIpc) is 2.38. The number of aromatic amines is 1. The van der Waals surface area contributed by atoms with Crippen molar-refractivity contribution in [3.63, 3.8) is 0 Å². The van der Waals surface area contributed by atoms with Gasteiger partial charge < -0.3 is 0 Å². The second kappa shape index (κ2) is 6.06. The first-order chi connectivity index (χ1) is 9.51. The number of halogens is 1. The Morgan fingerprint density at radius 3 is 2.50 bits per heavy atom. The number of nitrogens with zero attached hydrogens (tertiary/aromatic N) is 1. The van der Waals surface area contributed by atoms with Crippen molar-refractivity contribution in [3.05, 3.63) is 46.1 Å². The van der Waals surface area contributed by atoms with Crippen LogP contribution in [0, 0.1) is 17.2 Å². The molecule has 4 heteroatoms. The highest BCUT2D eigenvalue weighted by Crippen LogP contribution is 2.27. The molecule has 3 nitrogen and oxygen atoms in total. The van der Waals surface area contributed by atoms with E-state index in [4.69, 9.17) is 5.73 Å². The van der Waals surface area contributed by atoms with Gasteiger partial charge in [0.15, 0.2) is 0 Å². The molecule has 0 saturated carbocycles. The molecule has 2 aromatic rings. The smallest absolute Gasteiger partial charge is 0.286 e. The zero-order valence-corrected chi connectivity index (χ0v) is 13.2. The highest BCUT2D eigenvalue weighted by molar-refractivity contribution is 9.10. The minimum absolute atomic E-state index is 0.434. The van der Waals surface area contributed by atoms with Crippen LogP contribution in [0.15, 0.2) is 34.8 Å². The van der Waals surface area contributed by atoms with Gasteiger partial charge in [0.25, 0.3) is 5.82 Å². The van der Waals surface area contributed by atoms with Gasteiger partial charge in [-0.05, 0) is 29.7 Å². The normalized spacial score (nSPS) is 10.6. The summed E-state index contributed by atoms with van der Waals surface area (Å²) in [5, 5.41) is 9.33. The molecule has 3 N–H and O–H groups in total. The summed E-state index contributed by atoms with van der Waals surface area (Å²) in [5.41, 5.74) is 9.42. The lowest BCUT2D eigenvalue weighted by atomic mass is 9.98. The Bertz CT molecular complexity index is 655. The maximum Gasteiger partial charge on any atom is 0.289 e. The van der Waals surface area contributed by atoms with E-state index in [9.17, 15) is 5.26 Å². The number of nitrogens with one attached hydrogen (secondary N) is 1. The molecular formula is C16H17BrN3+. The van der Waals surface area contributed by atoms with Crippen molar-refractivity contribution in [1.82, 2.24) is 0 Å². The standard InChI is InChI=1S/C16H16BrN3/c1-10(2)7-13-8-14(15(9-18)16(19)20-13)11-3-5-12(17)6-4-11/h3-6,8,10H,7H2,1-2H3,(H2,19,20)/p+1. The molecule has 0 fully saturated rings. The number of aromatic nitrogens is 1. The second-order valence-corrected chi connectivity index (χ2v) is 6.13. The zero-order valence-electron chi connectivity index (χ0n) is 11.6. The SMILES string of the molecule is CC(C)Cc1cc(-c2ccc(Br)cc2)c(C#N)c(N)[nH+]1. The summed E-state index contributed by atoms with van der Waals surface area (Å²) in [4.78, 5) is 3.13. The van der Waals surface area contributed by atoms with E-state index in [2.05, 4.69) is 40.8 Å². The highest BCUT2D eigenvalue weighted by atomic mass is 79.9. The van der Waals surface area contributed by atoms with Gasteiger partial charge in [0.05, 0.1) is 0 Å². The van der Waals surface area contributed by atoms with Crippen molar-refractivity contribution in [3.8, 4) is 17.2 Å². The number of pyridine rings is 1. The number of nitrogen functional groups attached to an aromatic ring is 1. The maximum absolute atomic E-state index is 9.33. The molecule has 0 aliphatic heterocycles. The van der Waals surface area contributed by atoms with Crippen molar-refractivity contribution in [1.29, 1.82) is 5.26 Å². The van der Waals surface area contributed by atoms with E-state index in [1.54, 1.807) is 0 Å². The highest BCUT2D eigenvalue weighted by Gasteiger charge is 2.16. The molecule has 0 aliphatic rings. The maximum atomic E-state index is 9.33. The number of H-pyrrole nitrogens is 1. The van der Waals surface area contributed by atoms with Crippen LogP contribution in [-0.2, 0) is 6.42 Å². The molecule has 0 bridgehead atoms. The van der Waals surface area contributed by atoms with Crippen molar-refractivity contribution in [2.45, 2.75) is 20.3 Å². The van der Waals surface area contributed by atoms with Crippen molar-refractivity contribution >= 4 is 21.7 Å². The Labute approximate surface area is 127 Å². The molecule has 0 aliphatic carbocycles. The third kappa shape index (κ3) is 3.17. The molecule has 0 atom stereocenters. The molecule has 20 heavy (non-hydrogen) atoms. The fraction of sp³-hybridized carbons (Fsp3) is 0.250. The van der Waals surface area contributed by atoms with Crippen LogP contribution in [0.3, 0.4) is 0 Å². The Hall–Kier alpha value is -1.86. The summed E-state index contributed by atoms with van der Waals surface area (Å²) < 4.78 is 1.01. The molecule has 102 valence electrons. The molecule has 2 rings (SSSR count). The van der Waals surface area contributed by atoms with Crippen molar-refractivity contribution in [2.75, 3.05) is 5.73 Å². The van der Waals surface area contributed by atoms with E-state index in [1.165, 1.54) is 0 Å². The number of nitriles is 1.